The number of morpholine rings is 1. The molecule has 31 heavy (non-hydrogen) atoms. The van der Waals surface area contributed by atoms with E-state index in [0.29, 0.717) is 30.0 Å². The second kappa shape index (κ2) is 9.19. The number of ether oxygens (including phenoxy) is 1. The molecule has 2 aromatic heterocycles. The van der Waals surface area contributed by atoms with E-state index in [1.807, 2.05) is 18.9 Å². The molecule has 1 N–H and O–H groups in total. The highest BCUT2D eigenvalue weighted by atomic mass is 32.2. The number of hydrogen-bond acceptors (Lipinski definition) is 8. The fourth-order valence-electron chi connectivity index (χ4n) is 3.44. The van der Waals surface area contributed by atoms with Crippen LogP contribution in [0.4, 0.5) is 10.8 Å². The van der Waals surface area contributed by atoms with Crippen molar-refractivity contribution in [2.45, 2.75) is 31.2 Å². The van der Waals surface area contributed by atoms with Crippen molar-refractivity contribution in [2.75, 3.05) is 50.1 Å². The molecule has 2 aliphatic rings. The maximum absolute atomic E-state index is 13.1. The van der Waals surface area contributed by atoms with E-state index < -0.39 is 15.9 Å². The van der Waals surface area contributed by atoms with Gasteiger partial charge >= 0.3 is 0 Å². The second-order valence-corrected chi connectivity index (χ2v) is 10.8. The Balaban J connectivity index is 1.66. The summed E-state index contributed by atoms with van der Waals surface area (Å²) in [6.07, 6.45) is 4.89. The molecule has 0 aromatic carbocycles. The highest BCUT2D eigenvalue weighted by molar-refractivity contribution is 7.89. The van der Waals surface area contributed by atoms with E-state index in [1.54, 1.807) is 12.3 Å². The van der Waals surface area contributed by atoms with Crippen LogP contribution in [-0.4, -0.2) is 68.5 Å². The summed E-state index contributed by atoms with van der Waals surface area (Å²) in [7, 11) is -1.91. The quantitative estimate of drug-likeness (QED) is 0.637. The molecule has 0 atom stereocenters. The topological polar surface area (TPSA) is 105 Å². The molecular formula is C20H27N5O4S2. The minimum atomic E-state index is -3.81. The molecule has 1 saturated heterocycles. The summed E-state index contributed by atoms with van der Waals surface area (Å²) in [6.45, 7) is 4.05. The van der Waals surface area contributed by atoms with E-state index in [4.69, 9.17) is 4.74 Å². The van der Waals surface area contributed by atoms with Crippen LogP contribution in [0.1, 0.15) is 35.1 Å². The normalized spacial score (nSPS) is 17.5. The Labute approximate surface area is 186 Å². The summed E-state index contributed by atoms with van der Waals surface area (Å²) < 4.78 is 32.8. The van der Waals surface area contributed by atoms with E-state index >= 15 is 0 Å². The molecule has 1 amide bonds. The summed E-state index contributed by atoms with van der Waals surface area (Å²) in [6, 6.07) is 3.16. The Hall–Kier alpha value is -2.08. The summed E-state index contributed by atoms with van der Waals surface area (Å²) in [5.41, 5.74) is 0.698. The van der Waals surface area contributed by atoms with Gasteiger partial charge in [0.25, 0.3) is 15.9 Å². The lowest BCUT2D eigenvalue weighted by molar-refractivity contribution is 0.0729. The zero-order valence-corrected chi connectivity index (χ0v) is 19.3. The van der Waals surface area contributed by atoms with Crippen LogP contribution in [0.15, 0.2) is 23.4 Å². The number of carbonyl (C=O) groups excluding carboxylic acids is 1. The van der Waals surface area contributed by atoms with Gasteiger partial charge in [-0.1, -0.05) is 6.92 Å². The molecule has 2 aromatic rings. The summed E-state index contributed by atoms with van der Waals surface area (Å²) in [5.74, 6) is 0.137. The van der Waals surface area contributed by atoms with E-state index in [-0.39, 0.29) is 23.8 Å². The maximum Gasteiger partial charge on any atom is 0.278 e. The van der Waals surface area contributed by atoms with Gasteiger partial charge in [-0.15, -0.1) is 11.3 Å². The number of amides is 1. The van der Waals surface area contributed by atoms with Crippen molar-refractivity contribution < 1.29 is 17.9 Å². The fraction of sp³-hybridized carbons (Fsp3) is 0.550. The number of pyridine rings is 1. The van der Waals surface area contributed by atoms with Crippen LogP contribution < -0.4 is 10.2 Å². The van der Waals surface area contributed by atoms with Gasteiger partial charge in [-0.05, 0) is 37.3 Å². The predicted octanol–water partition coefficient (Wildman–Crippen LogP) is 2.22. The van der Waals surface area contributed by atoms with Crippen molar-refractivity contribution in [1.29, 1.82) is 0 Å². The molecule has 3 heterocycles. The van der Waals surface area contributed by atoms with Gasteiger partial charge in [0.05, 0.1) is 18.9 Å². The number of rotatable bonds is 8. The van der Waals surface area contributed by atoms with Crippen molar-refractivity contribution in [3.63, 3.8) is 0 Å². The number of aryl methyl sites for hydroxylation is 1. The molecule has 0 radical (unpaired) electrons. The number of nitrogens with zero attached hydrogens (tertiary/aromatic N) is 4. The van der Waals surface area contributed by atoms with Crippen molar-refractivity contribution in [3.8, 4) is 0 Å². The van der Waals surface area contributed by atoms with Gasteiger partial charge in [0.1, 0.15) is 0 Å². The van der Waals surface area contributed by atoms with Crippen molar-refractivity contribution >= 4 is 38.1 Å². The van der Waals surface area contributed by atoms with Crippen LogP contribution in [0, 0.1) is 5.92 Å². The summed E-state index contributed by atoms with van der Waals surface area (Å²) >= 11 is 1.40. The first-order valence-electron chi connectivity index (χ1n) is 10.4. The Bertz CT molecular complexity index is 1050. The van der Waals surface area contributed by atoms with Crippen molar-refractivity contribution in [1.82, 2.24) is 14.3 Å². The van der Waals surface area contributed by atoms with Gasteiger partial charge in [-0.3, -0.25) is 10.1 Å². The monoisotopic (exact) mass is 465 g/mol. The Morgan fingerprint density at radius 3 is 2.71 bits per heavy atom. The number of anilines is 2. The standard InChI is InChI=1S/C20H27N5O4S2/c1-3-15-12-21-20(30-15)23-19(26)18-16(24(2)13-14-4-5-14)6-7-17(22-18)31(27,28)25-8-10-29-11-9-25/h6-7,12,14H,3-5,8-11,13H2,1-2H3,(H,21,23,26). The zero-order valence-electron chi connectivity index (χ0n) is 17.7. The van der Waals surface area contributed by atoms with Gasteiger partial charge in [0.15, 0.2) is 15.9 Å². The van der Waals surface area contributed by atoms with Crippen LogP contribution in [0.2, 0.25) is 0 Å². The van der Waals surface area contributed by atoms with E-state index in [1.165, 1.54) is 34.6 Å². The minimum Gasteiger partial charge on any atom is -0.379 e. The van der Waals surface area contributed by atoms with Crippen LogP contribution in [-0.2, 0) is 21.2 Å². The number of nitrogens with one attached hydrogen (secondary N) is 1. The summed E-state index contributed by atoms with van der Waals surface area (Å²) in [4.78, 5) is 24.7. The minimum absolute atomic E-state index is 0.0886. The molecule has 2 fully saturated rings. The Morgan fingerprint density at radius 2 is 2.06 bits per heavy atom. The Kier molecular flexibility index (Phi) is 6.56. The fourth-order valence-corrected chi connectivity index (χ4v) is 5.53. The first-order valence-corrected chi connectivity index (χ1v) is 12.7. The molecular weight excluding hydrogens is 438 g/mol. The maximum atomic E-state index is 13.1. The van der Waals surface area contributed by atoms with Crippen LogP contribution in [0.25, 0.3) is 0 Å². The third kappa shape index (κ3) is 5.05. The van der Waals surface area contributed by atoms with E-state index in [2.05, 4.69) is 15.3 Å². The third-order valence-electron chi connectivity index (χ3n) is 5.40. The lowest BCUT2D eigenvalue weighted by atomic mass is 10.2. The van der Waals surface area contributed by atoms with Gasteiger partial charge < -0.3 is 9.64 Å². The lowest BCUT2D eigenvalue weighted by Gasteiger charge is -2.26. The second-order valence-electron chi connectivity index (χ2n) is 7.80. The highest BCUT2D eigenvalue weighted by Crippen LogP contribution is 2.32. The lowest BCUT2D eigenvalue weighted by Crippen LogP contribution is -2.41. The number of carbonyl (C=O) groups is 1. The highest BCUT2D eigenvalue weighted by Gasteiger charge is 2.31. The first-order chi connectivity index (χ1) is 14.9. The zero-order chi connectivity index (χ0) is 22.0. The molecule has 11 heteroatoms. The van der Waals surface area contributed by atoms with Crippen molar-refractivity contribution in [2.24, 2.45) is 5.92 Å². The van der Waals surface area contributed by atoms with E-state index in [0.717, 1.165) is 17.8 Å². The average molecular weight is 466 g/mol. The molecule has 1 aliphatic carbocycles. The van der Waals surface area contributed by atoms with Crippen LogP contribution in [0.3, 0.4) is 0 Å². The van der Waals surface area contributed by atoms with Crippen LogP contribution >= 0.6 is 11.3 Å². The number of aromatic nitrogens is 2. The molecule has 9 nitrogen and oxygen atoms in total. The van der Waals surface area contributed by atoms with Crippen LogP contribution in [0.5, 0.6) is 0 Å². The molecule has 1 aliphatic heterocycles. The number of sulfonamides is 1. The first kappa shape index (κ1) is 22.1. The molecule has 168 valence electrons. The SMILES string of the molecule is CCc1cnc(NC(=O)c2nc(S(=O)(=O)N3CCOCC3)ccc2N(C)CC2CC2)s1. The third-order valence-corrected chi connectivity index (χ3v) is 8.26. The van der Waals surface area contributed by atoms with Gasteiger partial charge in [-0.25, -0.2) is 18.4 Å². The van der Waals surface area contributed by atoms with Gasteiger partial charge in [0.2, 0.25) is 0 Å². The number of hydrogen-bond donors (Lipinski definition) is 1. The van der Waals surface area contributed by atoms with Gasteiger partial charge in [0, 0.05) is 37.8 Å². The molecule has 0 spiro atoms. The van der Waals surface area contributed by atoms with E-state index in [9.17, 15) is 13.2 Å². The average Bonchev–Trinajstić information content (AvgIpc) is 3.48. The number of thiazole rings is 1. The predicted molar refractivity (Wildman–Crippen MR) is 119 cm³/mol. The molecule has 0 bridgehead atoms. The molecule has 1 saturated carbocycles. The molecule has 4 rings (SSSR count). The molecule has 0 unspecified atom stereocenters. The smallest absolute Gasteiger partial charge is 0.278 e. The summed E-state index contributed by atoms with van der Waals surface area (Å²) in [5, 5.41) is 3.13. The van der Waals surface area contributed by atoms with Gasteiger partial charge in [-0.2, -0.15) is 4.31 Å². The largest absolute Gasteiger partial charge is 0.379 e. The Morgan fingerprint density at radius 1 is 1.32 bits per heavy atom. The van der Waals surface area contributed by atoms with Crippen molar-refractivity contribution in [3.05, 3.63) is 28.9 Å².